The van der Waals surface area contributed by atoms with Crippen LogP contribution in [0.2, 0.25) is 0 Å². The molecule has 0 N–H and O–H groups in total. The predicted molar refractivity (Wildman–Crippen MR) is 106 cm³/mol. The highest BCUT2D eigenvalue weighted by Gasteiger charge is 2.23. The Morgan fingerprint density at radius 3 is 2.67 bits per heavy atom. The molecular weight excluding hydrogens is 362 g/mol. The topological polar surface area (TPSA) is 64.4 Å². The molecule has 0 spiro atoms. The molecule has 2 aromatic rings. The average molecular weight is 388 g/mol. The highest BCUT2D eigenvalue weighted by Crippen LogP contribution is 2.31. The first-order valence-corrected chi connectivity index (χ1v) is 10.7. The van der Waals surface area contributed by atoms with Crippen LogP contribution >= 0.6 is 11.8 Å². The number of rotatable bonds is 4. The Labute approximate surface area is 162 Å². The summed E-state index contributed by atoms with van der Waals surface area (Å²) in [7, 11) is 0. The summed E-state index contributed by atoms with van der Waals surface area (Å²) in [4.78, 5) is 32.3. The molecule has 1 aliphatic carbocycles. The van der Waals surface area contributed by atoms with Gasteiger partial charge in [-0.05, 0) is 25.0 Å². The molecule has 0 radical (unpaired) electrons. The van der Waals surface area contributed by atoms with Crippen LogP contribution in [0.5, 0.6) is 0 Å². The summed E-state index contributed by atoms with van der Waals surface area (Å²) in [6.07, 6.45) is 5.52. The summed E-state index contributed by atoms with van der Waals surface area (Å²) < 4.78 is 7.18. The lowest BCUT2D eigenvalue weighted by molar-refractivity contribution is -0.132. The SMILES string of the molecule is O=C(CSc1nc2ccccc2c(=O)n1C1CCCCC1)N1CCOCC1. The van der Waals surface area contributed by atoms with E-state index in [-0.39, 0.29) is 17.5 Å². The zero-order valence-electron chi connectivity index (χ0n) is 15.4. The largest absolute Gasteiger partial charge is 0.378 e. The van der Waals surface area contributed by atoms with Crippen molar-refractivity contribution in [2.24, 2.45) is 0 Å². The maximum Gasteiger partial charge on any atom is 0.262 e. The highest BCUT2D eigenvalue weighted by molar-refractivity contribution is 7.99. The average Bonchev–Trinajstić information content (AvgIpc) is 2.73. The molecule has 0 bridgehead atoms. The van der Waals surface area contributed by atoms with E-state index in [4.69, 9.17) is 9.72 Å². The van der Waals surface area contributed by atoms with Gasteiger partial charge >= 0.3 is 0 Å². The maximum absolute atomic E-state index is 13.2. The Kier molecular flexibility index (Phi) is 5.78. The second kappa shape index (κ2) is 8.44. The van der Waals surface area contributed by atoms with Crippen LogP contribution in [0.3, 0.4) is 0 Å². The Morgan fingerprint density at radius 2 is 1.89 bits per heavy atom. The number of morpholine rings is 1. The fourth-order valence-electron chi connectivity index (χ4n) is 3.92. The van der Waals surface area contributed by atoms with Gasteiger partial charge < -0.3 is 9.64 Å². The van der Waals surface area contributed by atoms with Crippen molar-refractivity contribution >= 4 is 28.6 Å². The first-order valence-electron chi connectivity index (χ1n) is 9.73. The van der Waals surface area contributed by atoms with Crippen LogP contribution in [0.4, 0.5) is 0 Å². The van der Waals surface area contributed by atoms with E-state index in [2.05, 4.69) is 0 Å². The highest BCUT2D eigenvalue weighted by atomic mass is 32.2. The van der Waals surface area contributed by atoms with E-state index in [1.165, 1.54) is 18.2 Å². The summed E-state index contributed by atoms with van der Waals surface area (Å²) in [6, 6.07) is 7.68. The van der Waals surface area contributed by atoms with E-state index in [9.17, 15) is 9.59 Å². The second-order valence-electron chi connectivity index (χ2n) is 7.16. The van der Waals surface area contributed by atoms with Crippen molar-refractivity contribution in [1.29, 1.82) is 0 Å². The minimum atomic E-state index is 0.0221. The first kappa shape index (κ1) is 18.5. The molecule has 0 unspecified atom stereocenters. The fraction of sp³-hybridized carbons (Fsp3) is 0.550. The van der Waals surface area contributed by atoms with Crippen molar-refractivity contribution in [2.75, 3.05) is 32.1 Å². The smallest absolute Gasteiger partial charge is 0.262 e. The molecule has 0 atom stereocenters. The zero-order valence-corrected chi connectivity index (χ0v) is 16.2. The summed E-state index contributed by atoms with van der Waals surface area (Å²) in [5.74, 6) is 0.387. The van der Waals surface area contributed by atoms with Gasteiger partial charge in [0.05, 0.1) is 29.9 Å². The number of carbonyl (C=O) groups excluding carboxylic acids is 1. The van der Waals surface area contributed by atoms with Crippen LogP contribution in [0.1, 0.15) is 38.1 Å². The van der Waals surface area contributed by atoms with Gasteiger partial charge in [0.1, 0.15) is 0 Å². The Hall–Kier alpha value is -1.86. The van der Waals surface area contributed by atoms with Gasteiger partial charge in [-0.1, -0.05) is 43.2 Å². The van der Waals surface area contributed by atoms with Crippen molar-refractivity contribution in [3.05, 3.63) is 34.6 Å². The quantitative estimate of drug-likeness (QED) is 0.596. The van der Waals surface area contributed by atoms with Crippen molar-refractivity contribution < 1.29 is 9.53 Å². The fourth-order valence-corrected chi connectivity index (χ4v) is 4.89. The van der Waals surface area contributed by atoms with Crippen LogP contribution in [0, 0.1) is 0 Å². The van der Waals surface area contributed by atoms with Crippen molar-refractivity contribution in [1.82, 2.24) is 14.5 Å². The van der Waals surface area contributed by atoms with Crippen molar-refractivity contribution in [3.8, 4) is 0 Å². The van der Waals surface area contributed by atoms with E-state index in [0.717, 1.165) is 25.7 Å². The van der Waals surface area contributed by atoms with Gasteiger partial charge in [-0.3, -0.25) is 14.2 Å². The van der Waals surface area contributed by atoms with Gasteiger partial charge in [0, 0.05) is 19.1 Å². The molecule has 27 heavy (non-hydrogen) atoms. The summed E-state index contributed by atoms with van der Waals surface area (Å²) in [6.45, 7) is 2.47. The number of thioether (sulfide) groups is 1. The number of nitrogens with zero attached hydrogens (tertiary/aromatic N) is 3. The van der Waals surface area contributed by atoms with E-state index in [1.54, 1.807) is 0 Å². The van der Waals surface area contributed by atoms with Gasteiger partial charge in [-0.15, -0.1) is 0 Å². The van der Waals surface area contributed by atoms with Crippen LogP contribution in [-0.4, -0.2) is 52.4 Å². The maximum atomic E-state index is 13.2. The summed E-state index contributed by atoms with van der Waals surface area (Å²) in [5, 5.41) is 1.33. The minimum Gasteiger partial charge on any atom is -0.378 e. The molecule has 1 saturated carbocycles. The van der Waals surface area contributed by atoms with Gasteiger partial charge in [0.2, 0.25) is 5.91 Å². The summed E-state index contributed by atoms with van der Waals surface area (Å²) >= 11 is 1.39. The number of fused-ring (bicyclic) bond motifs is 1. The van der Waals surface area contributed by atoms with Crippen LogP contribution < -0.4 is 5.56 Å². The number of amides is 1. The molecule has 2 heterocycles. The Morgan fingerprint density at radius 1 is 1.15 bits per heavy atom. The lowest BCUT2D eigenvalue weighted by Gasteiger charge is -2.28. The lowest BCUT2D eigenvalue weighted by Crippen LogP contribution is -2.41. The molecule has 4 rings (SSSR count). The molecule has 1 aromatic heterocycles. The van der Waals surface area contributed by atoms with Crippen molar-refractivity contribution in [3.63, 3.8) is 0 Å². The third kappa shape index (κ3) is 4.04. The molecular formula is C20H25N3O3S. The summed E-state index contributed by atoms with van der Waals surface area (Å²) in [5.41, 5.74) is 0.727. The van der Waals surface area contributed by atoms with E-state index in [0.29, 0.717) is 48.1 Å². The number of hydrogen-bond donors (Lipinski definition) is 0. The third-order valence-electron chi connectivity index (χ3n) is 5.40. The number of ether oxygens (including phenoxy) is 1. The zero-order chi connectivity index (χ0) is 18.6. The molecule has 144 valence electrons. The number of benzene rings is 1. The standard InChI is InChI=1S/C20H25N3O3S/c24-18(22-10-12-26-13-11-22)14-27-20-21-17-9-5-4-8-16(17)19(25)23(20)15-6-2-1-3-7-15/h4-5,8-9,15H,1-3,6-7,10-14H2. The number of aromatic nitrogens is 2. The molecule has 1 aromatic carbocycles. The Balaban J connectivity index is 1.63. The third-order valence-corrected chi connectivity index (χ3v) is 6.34. The molecule has 1 saturated heterocycles. The van der Waals surface area contributed by atoms with Crippen LogP contribution in [0.15, 0.2) is 34.2 Å². The van der Waals surface area contributed by atoms with E-state index in [1.807, 2.05) is 33.7 Å². The van der Waals surface area contributed by atoms with Gasteiger partial charge in [-0.2, -0.15) is 0 Å². The number of para-hydroxylation sites is 1. The number of carbonyl (C=O) groups is 1. The van der Waals surface area contributed by atoms with Gasteiger partial charge in [-0.25, -0.2) is 4.98 Å². The Bertz CT molecular complexity index is 870. The first-order chi connectivity index (χ1) is 13.2. The van der Waals surface area contributed by atoms with Crippen LogP contribution in [-0.2, 0) is 9.53 Å². The van der Waals surface area contributed by atoms with Gasteiger partial charge in [0.15, 0.2) is 5.16 Å². The predicted octanol–water partition coefficient (Wildman–Crippen LogP) is 2.85. The molecule has 6 nitrogen and oxygen atoms in total. The molecule has 1 aliphatic heterocycles. The van der Waals surface area contributed by atoms with Crippen molar-refractivity contribution in [2.45, 2.75) is 43.3 Å². The molecule has 7 heteroatoms. The van der Waals surface area contributed by atoms with Crippen LogP contribution in [0.25, 0.3) is 10.9 Å². The monoisotopic (exact) mass is 387 g/mol. The second-order valence-corrected chi connectivity index (χ2v) is 8.10. The normalized spacial score (nSPS) is 18.7. The molecule has 2 aliphatic rings. The molecule has 1 amide bonds. The van der Waals surface area contributed by atoms with E-state index >= 15 is 0 Å². The lowest BCUT2D eigenvalue weighted by atomic mass is 9.95. The minimum absolute atomic E-state index is 0.0221. The van der Waals surface area contributed by atoms with E-state index < -0.39 is 0 Å². The number of hydrogen-bond acceptors (Lipinski definition) is 5. The van der Waals surface area contributed by atoms with Gasteiger partial charge in [0.25, 0.3) is 5.56 Å². The molecule has 2 fully saturated rings.